The van der Waals surface area contributed by atoms with Crippen molar-refractivity contribution in [2.75, 3.05) is 26.2 Å². The van der Waals surface area contributed by atoms with E-state index < -0.39 is 0 Å². The third kappa shape index (κ3) is 4.10. The molecule has 33 heavy (non-hydrogen) atoms. The fourth-order valence-corrected chi connectivity index (χ4v) is 5.03. The maximum absolute atomic E-state index is 13.8. The van der Waals surface area contributed by atoms with Crippen LogP contribution >= 0.6 is 0 Å². The predicted octanol–water partition coefficient (Wildman–Crippen LogP) is 3.51. The maximum atomic E-state index is 13.8. The number of carbonyl (C=O) groups is 2. The first-order valence-corrected chi connectivity index (χ1v) is 11.6. The number of halogens is 1. The molecule has 0 aliphatic carbocycles. The van der Waals surface area contributed by atoms with E-state index in [1.807, 2.05) is 23.6 Å². The number of nitrogens with zero attached hydrogens (tertiary/aromatic N) is 4. The molecular weight excluding hydrogens is 421 g/mol. The van der Waals surface area contributed by atoms with Gasteiger partial charge in [-0.3, -0.25) is 9.59 Å². The molecule has 8 heteroatoms. The van der Waals surface area contributed by atoms with E-state index in [2.05, 4.69) is 15.0 Å². The first-order valence-electron chi connectivity index (χ1n) is 11.6. The minimum atomic E-state index is -0.310. The van der Waals surface area contributed by atoms with Crippen molar-refractivity contribution in [3.8, 4) is 0 Å². The van der Waals surface area contributed by atoms with Crippen LogP contribution < -0.4 is 0 Å². The van der Waals surface area contributed by atoms with Gasteiger partial charge in [-0.15, -0.1) is 0 Å². The lowest BCUT2D eigenvalue weighted by Crippen LogP contribution is -2.30. The number of nitrogens with one attached hydrogen (secondary N) is 1. The summed E-state index contributed by atoms with van der Waals surface area (Å²) in [5, 5.41) is 0.758. The SMILES string of the molecule is Cc1nc([C@H]2CCN(C(=O)Cc3c(C)[nH]c4ccc(F)cc34)C2)ncc1C(=O)N1CCCC1. The Hall–Kier alpha value is -3.29. The number of hydrogen-bond donors (Lipinski definition) is 1. The van der Waals surface area contributed by atoms with Crippen molar-refractivity contribution in [1.29, 1.82) is 0 Å². The molecule has 1 atom stereocenters. The number of amides is 2. The molecule has 7 nitrogen and oxygen atoms in total. The summed E-state index contributed by atoms with van der Waals surface area (Å²) in [7, 11) is 0. The van der Waals surface area contributed by atoms with Gasteiger partial charge in [-0.05, 0) is 56.9 Å². The smallest absolute Gasteiger partial charge is 0.257 e. The molecule has 3 aromatic rings. The Morgan fingerprint density at radius 3 is 2.70 bits per heavy atom. The van der Waals surface area contributed by atoms with Crippen LogP contribution in [-0.2, 0) is 11.2 Å². The van der Waals surface area contributed by atoms with Gasteiger partial charge in [0.2, 0.25) is 5.91 Å². The zero-order chi connectivity index (χ0) is 23.1. The Bertz CT molecular complexity index is 1230. The van der Waals surface area contributed by atoms with E-state index in [1.54, 1.807) is 12.3 Å². The van der Waals surface area contributed by atoms with Gasteiger partial charge in [0.25, 0.3) is 5.91 Å². The van der Waals surface area contributed by atoms with Crippen LogP contribution in [0.4, 0.5) is 4.39 Å². The highest BCUT2D eigenvalue weighted by Crippen LogP contribution is 2.28. The van der Waals surface area contributed by atoms with Crippen LogP contribution in [0, 0.1) is 19.7 Å². The van der Waals surface area contributed by atoms with Gasteiger partial charge >= 0.3 is 0 Å². The molecule has 0 bridgehead atoms. The average molecular weight is 450 g/mol. The number of hydrogen-bond acceptors (Lipinski definition) is 4. The van der Waals surface area contributed by atoms with Crippen molar-refractivity contribution in [2.45, 2.75) is 45.4 Å². The Morgan fingerprint density at radius 1 is 1.15 bits per heavy atom. The van der Waals surface area contributed by atoms with Crippen molar-refractivity contribution < 1.29 is 14.0 Å². The quantitative estimate of drug-likeness (QED) is 0.661. The molecule has 2 aromatic heterocycles. The summed E-state index contributed by atoms with van der Waals surface area (Å²) >= 11 is 0. The van der Waals surface area contributed by atoms with Crippen LogP contribution in [0.25, 0.3) is 10.9 Å². The van der Waals surface area contributed by atoms with Crippen molar-refractivity contribution in [2.24, 2.45) is 0 Å². The lowest BCUT2D eigenvalue weighted by Gasteiger charge is -2.18. The van der Waals surface area contributed by atoms with E-state index in [1.165, 1.54) is 12.1 Å². The zero-order valence-electron chi connectivity index (χ0n) is 19.0. The van der Waals surface area contributed by atoms with E-state index in [4.69, 9.17) is 0 Å². The molecule has 2 aliphatic heterocycles. The van der Waals surface area contributed by atoms with Crippen LogP contribution in [0.2, 0.25) is 0 Å². The van der Waals surface area contributed by atoms with Crippen molar-refractivity contribution in [3.63, 3.8) is 0 Å². The average Bonchev–Trinajstić information content (AvgIpc) is 3.55. The van der Waals surface area contributed by atoms with Crippen molar-refractivity contribution in [3.05, 3.63) is 58.6 Å². The minimum Gasteiger partial charge on any atom is -0.358 e. The molecule has 1 aromatic carbocycles. The zero-order valence-corrected chi connectivity index (χ0v) is 19.0. The molecule has 0 radical (unpaired) electrons. The van der Waals surface area contributed by atoms with E-state index >= 15 is 0 Å². The van der Waals surface area contributed by atoms with Crippen LogP contribution in [0.3, 0.4) is 0 Å². The summed E-state index contributed by atoms with van der Waals surface area (Å²) in [6, 6.07) is 4.60. The highest BCUT2D eigenvalue weighted by atomic mass is 19.1. The summed E-state index contributed by atoms with van der Waals surface area (Å²) < 4.78 is 13.8. The lowest BCUT2D eigenvalue weighted by molar-refractivity contribution is -0.129. The molecule has 5 rings (SSSR count). The Morgan fingerprint density at radius 2 is 1.94 bits per heavy atom. The Labute approximate surface area is 192 Å². The van der Waals surface area contributed by atoms with Gasteiger partial charge in [-0.25, -0.2) is 14.4 Å². The summed E-state index contributed by atoms with van der Waals surface area (Å²) in [6.45, 7) is 6.54. The molecular formula is C25H28FN5O2. The maximum Gasteiger partial charge on any atom is 0.257 e. The van der Waals surface area contributed by atoms with E-state index in [0.29, 0.717) is 30.2 Å². The largest absolute Gasteiger partial charge is 0.358 e. The summed E-state index contributed by atoms with van der Waals surface area (Å²) in [5.41, 5.74) is 3.82. The molecule has 2 amide bonds. The van der Waals surface area contributed by atoms with Gasteiger partial charge in [-0.2, -0.15) is 0 Å². The van der Waals surface area contributed by atoms with Gasteiger partial charge in [0.05, 0.1) is 17.7 Å². The van der Waals surface area contributed by atoms with Crippen molar-refractivity contribution >= 4 is 22.7 Å². The second-order valence-corrected chi connectivity index (χ2v) is 9.15. The number of carbonyl (C=O) groups excluding carboxylic acids is 2. The number of aromatic amines is 1. The van der Waals surface area contributed by atoms with E-state index in [-0.39, 0.29) is 30.0 Å². The first-order chi connectivity index (χ1) is 15.9. The number of aryl methyl sites for hydroxylation is 2. The monoisotopic (exact) mass is 449 g/mol. The number of fused-ring (bicyclic) bond motifs is 1. The van der Waals surface area contributed by atoms with E-state index in [0.717, 1.165) is 54.5 Å². The number of benzene rings is 1. The normalized spacial score (nSPS) is 18.5. The summed E-state index contributed by atoms with van der Waals surface area (Å²) in [6.07, 6.45) is 4.75. The molecule has 0 spiro atoms. The van der Waals surface area contributed by atoms with Gasteiger partial charge < -0.3 is 14.8 Å². The van der Waals surface area contributed by atoms with E-state index in [9.17, 15) is 14.0 Å². The number of likely N-dealkylation sites (tertiary alicyclic amines) is 2. The third-order valence-corrected chi connectivity index (χ3v) is 6.94. The highest BCUT2D eigenvalue weighted by Gasteiger charge is 2.31. The predicted molar refractivity (Wildman–Crippen MR) is 123 cm³/mol. The third-order valence-electron chi connectivity index (χ3n) is 6.94. The highest BCUT2D eigenvalue weighted by molar-refractivity contribution is 5.95. The van der Waals surface area contributed by atoms with Gasteiger partial charge in [0.1, 0.15) is 11.6 Å². The Balaban J connectivity index is 1.27. The summed E-state index contributed by atoms with van der Waals surface area (Å²) in [4.78, 5) is 41.8. The van der Waals surface area contributed by atoms with Crippen molar-refractivity contribution in [1.82, 2.24) is 24.8 Å². The van der Waals surface area contributed by atoms with Gasteiger partial charge in [0.15, 0.2) is 0 Å². The van der Waals surface area contributed by atoms with Gasteiger partial charge in [-0.1, -0.05) is 0 Å². The molecule has 2 saturated heterocycles. The van der Waals surface area contributed by atoms with Crippen LogP contribution in [-0.4, -0.2) is 62.7 Å². The molecule has 4 heterocycles. The second kappa shape index (κ2) is 8.57. The fourth-order valence-electron chi connectivity index (χ4n) is 5.03. The fraction of sp³-hybridized carbons (Fsp3) is 0.440. The molecule has 1 N–H and O–H groups in total. The Kier molecular flexibility index (Phi) is 5.60. The summed E-state index contributed by atoms with van der Waals surface area (Å²) in [5.74, 6) is 0.445. The van der Waals surface area contributed by atoms with Crippen LogP contribution in [0.5, 0.6) is 0 Å². The van der Waals surface area contributed by atoms with Gasteiger partial charge in [0, 0.05) is 54.9 Å². The standard InChI is InChI=1S/C25H28FN5O2/c1-15-19(20-11-18(26)5-6-22(20)28-15)12-23(32)31-10-7-17(14-31)24-27-13-21(16(2)29-24)25(33)30-8-3-4-9-30/h5-6,11,13,17,28H,3-4,7-10,12,14H2,1-2H3/t17-/m0/s1. The molecule has 0 unspecified atom stereocenters. The number of rotatable bonds is 4. The van der Waals surface area contributed by atoms with Crippen LogP contribution in [0.15, 0.2) is 24.4 Å². The number of aromatic nitrogens is 3. The molecule has 0 saturated carbocycles. The second-order valence-electron chi connectivity index (χ2n) is 9.15. The van der Waals surface area contributed by atoms with Crippen LogP contribution in [0.1, 0.15) is 58.3 Å². The number of H-pyrrole nitrogens is 1. The topological polar surface area (TPSA) is 82.2 Å². The lowest BCUT2D eigenvalue weighted by atomic mass is 10.1. The first kappa shape index (κ1) is 21.6. The molecule has 2 fully saturated rings. The molecule has 172 valence electrons. The molecule has 2 aliphatic rings. The minimum absolute atomic E-state index is 0.00492.